The summed E-state index contributed by atoms with van der Waals surface area (Å²) in [6.07, 6.45) is 3.49. The van der Waals surface area contributed by atoms with E-state index in [2.05, 4.69) is 27.2 Å². The Labute approximate surface area is 93.1 Å². The van der Waals surface area contributed by atoms with Crippen molar-refractivity contribution in [1.29, 1.82) is 0 Å². The summed E-state index contributed by atoms with van der Waals surface area (Å²) in [7, 11) is 1.65. The van der Waals surface area contributed by atoms with Crippen molar-refractivity contribution < 1.29 is 9.53 Å². The number of amides is 1. The van der Waals surface area contributed by atoms with Crippen molar-refractivity contribution in [2.24, 2.45) is 4.99 Å². The first kappa shape index (κ1) is 10.8. The van der Waals surface area contributed by atoms with Crippen LogP contribution < -0.4 is 5.32 Å². The number of aromatic amines is 1. The number of nitrogens with zero attached hydrogens (tertiary/aromatic N) is 2. The van der Waals surface area contributed by atoms with Crippen molar-refractivity contribution in [3.8, 4) is 0 Å². The molecule has 0 aliphatic heterocycles. The second-order valence-electron chi connectivity index (χ2n) is 3.72. The minimum absolute atomic E-state index is 0.0880. The number of nitrogens with one attached hydrogen (secondary N) is 2. The van der Waals surface area contributed by atoms with Crippen LogP contribution in [-0.2, 0) is 4.74 Å². The summed E-state index contributed by atoms with van der Waals surface area (Å²) < 4.78 is 5.20. The zero-order chi connectivity index (χ0) is 11.5. The summed E-state index contributed by atoms with van der Waals surface area (Å²) in [5.74, 6) is 0.202. The molecule has 1 fully saturated rings. The highest BCUT2D eigenvalue weighted by molar-refractivity contribution is 5.98. The number of hydrogen-bond donors (Lipinski definition) is 2. The zero-order valence-corrected chi connectivity index (χ0v) is 9.06. The molecule has 1 unspecified atom stereocenters. The summed E-state index contributed by atoms with van der Waals surface area (Å²) >= 11 is 0. The number of carbonyl (C=O) groups is 1. The van der Waals surface area contributed by atoms with E-state index in [9.17, 15) is 4.79 Å². The van der Waals surface area contributed by atoms with Crippen LogP contribution in [0.15, 0.2) is 11.2 Å². The highest BCUT2D eigenvalue weighted by Crippen LogP contribution is 2.23. The predicted octanol–water partition coefficient (Wildman–Crippen LogP) is 0.649. The normalized spacial score (nSPS) is 23.6. The molecule has 0 saturated heterocycles. The fraction of sp³-hybridized carbons (Fsp3) is 0.500. The lowest BCUT2D eigenvalue weighted by Gasteiger charge is -2.35. The molecule has 16 heavy (non-hydrogen) atoms. The fourth-order valence-corrected chi connectivity index (χ4v) is 1.73. The first-order valence-corrected chi connectivity index (χ1v) is 5.10. The predicted molar refractivity (Wildman–Crippen MR) is 59.1 cm³/mol. The molecule has 1 aliphatic carbocycles. The van der Waals surface area contributed by atoms with Crippen molar-refractivity contribution >= 4 is 18.4 Å². The van der Waals surface area contributed by atoms with Crippen molar-refractivity contribution in [1.82, 2.24) is 15.5 Å². The van der Waals surface area contributed by atoms with E-state index in [1.54, 1.807) is 7.11 Å². The monoisotopic (exact) mass is 222 g/mol. The number of methoxy groups -OCH3 is 1. The van der Waals surface area contributed by atoms with Gasteiger partial charge in [-0.2, -0.15) is 5.10 Å². The molecule has 1 aromatic heterocycles. The summed E-state index contributed by atoms with van der Waals surface area (Å²) in [6.45, 7) is 3.36. The minimum atomic E-state index is -0.192. The van der Waals surface area contributed by atoms with E-state index >= 15 is 0 Å². The molecule has 0 spiro atoms. The lowest BCUT2D eigenvalue weighted by atomic mass is 9.89. The maximum atomic E-state index is 11.8. The van der Waals surface area contributed by atoms with Crippen LogP contribution >= 0.6 is 0 Å². The molecular formula is C10H14N4O2. The summed E-state index contributed by atoms with van der Waals surface area (Å²) in [4.78, 5) is 15.5. The zero-order valence-electron chi connectivity index (χ0n) is 9.06. The standard InChI is InChI=1S/C10H14N4O2/c1-11-9-6(5-12-14-9)10(15)13-7-3-4-8(7)16-2/h5,7-8H,1,3-4H2,2H3,(H,12,14)(H,13,15)/t7?,8-/m0/s1. The lowest BCUT2D eigenvalue weighted by Crippen LogP contribution is -2.51. The molecule has 86 valence electrons. The first-order chi connectivity index (χ1) is 7.76. The van der Waals surface area contributed by atoms with Crippen LogP contribution in [0.5, 0.6) is 0 Å². The molecule has 1 aromatic rings. The van der Waals surface area contributed by atoms with Gasteiger partial charge in [0.15, 0.2) is 5.82 Å². The van der Waals surface area contributed by atoms with E-state index < -0.39 is 0 Å². The number of aliphatic imine (C=N–C) groups is 1. The molecule has 0 radical (unpaired) electrons. The van der Waals surface area contributed by atoms with Gasteiger partial charge in [-0.05, 0) is 19.6 Å². The largest absolute Gasteiger partial charge is 0.379 e. The number of rotatable bonds is 4. The Balaban J connectivity index is 2.00. The Morgan fingerprint density at radius 3 is 3.12 bits per heavy atom. The van der Waals surface area contributed by atoms with Gasteiger partial charge in [0.25, 0.3) is 5.91 Å². The van der Waals surface area contributed by atoms with E-state index in [4.69, 9.17) is 4.74 Å². The van der Waals surface area contributed by atoms with Gasteiger partial charge in [-0.1, -0.05) is 0 Å². The van der Waals surface area contributed by atoms with E-state index in [-0.39, 0.29) is 18.1 Å². The summed E-state index contributed by atoms with van der Waals surface area (Å²) in [5, 5.41) is 9.24. The molecule has 1 aliphatic rings. The second-order valence-corrected chi connectivity index (χ2v) is 3.72. The Kier molecular flexibility index (Phi) is 3.00. The minimum Gasteiger partial charge on any atom is -0.379 e. The van der Waals surface area contributed by atoms with Gasteiger partial charge in [0, 0.05) is 7.11 Å². The van der Waals surface area contributed by atoms with Crippen LogP contribution in [0.2, 0.25) is 0 Å². The fourth-order valence-electron chi connectivity index (χ4n) is 1.73. The Hall–Kier alpha value is -1.69. The number of H-pyrrole nitrogens is 1. The molecule has 0 bridgehead atoms. The Morgan fingerprint density at radius 2 is 2.56 bits per heavy atom. The third-order valence-corrected chi connectivity index (χ3v) is 2.85. The highest BCUT2D eigenvalue weighted by atomic mass is 16.5. The average Bonchev–Trinajstić information content (AvgIpc) is 2.72. The summed E-state index contributed by atoms with van der Waals surface area (Å²) in [6, 6.07) is 0.0880. The van der Waals surface area contributed by atoms with Crippen LogP contribution in [-0.4, -0.2) is 42.1 Å². The van der Waals surface area contributed by atoms with Crippen molar-refractivity contribution in [3.05, 3.63) is 11.8 Å². The summed E-state index contributed by atoms with van der Waals surface area (Å²) in [5.41, 5.74) is 0.414. The van der Waals surface area contributed by atoms with Crippen LogP contribution in [0.3, 0.4) is 0 Å². The number of hydrogen-bond acceptors (Lipinski definition) is 4. The highest BCUT2D eigenvalue weighted by Gasteiger charge is 2.32. The topological polar surface area (TPSA) is 79.4 Å². The van der Waals surface area contributed by atoms with Gasteiger partial charge < -0.3 is 10.1 Å². The van der Waals surface area contributed by atoms with Crippen molar-refractivity contribution in [2.75, 3.05) is 7.11 Å². The van der Waals surface area contributed by atoms with E-state index in [0.29, 0.717) is 11.4 Å². The Morgan fingerprint density at radius 1 is 1.75 bits per heavy atom. The second kappa shape index (κ2) is 4.44. The van der Waals surface area contributed by atoms with Gasteiger partial charge >= 0.3 is 0 Å². The Bertz CT molecular complexity index is 399. The molecule has 6 heteroatoms. The van der Waals surface area contributed by atoms with Gasteiger partial charge in [0.05, 0.1) is 18.3 Å². The van der Waals surface area contributed by atoms with Gasteiger partial charge in [-0.15, -0.1) is 0 Å². The third-order valence-electron chi connectivity index (χ3n) is 2.85. The van der Waals surface area contributed by atoms with Crippen LogP contribution in [0, 0.1) is 0 Å². The van der Waals surface area contributed by atoms with Gasteiger partial charge in [0.2, 0.25) is 0 Å². The molecule has 2 N–H and O–H groups in total. The quantitative estimate of drug-likeness (QED) is 0.734. The van der Waals surface area contributed by atoms with Gasteiger partial charge in [0.1, 0.15) is 5.56 Å². The lowest BCUT2D eigenvalue weighted by molar-refractivity contribution is 0.00731. The van der Waals surface area contributed by atoms with Crippen LogP contribution in [0.25, 0.3) is 0 Å². The number of carbonyl (C=O) groups excluding carboxylic acids is 1. The van der Waals surface area contributed by atoms with Gasteiger partial charge in [-0.25, -0.2) is 4.99 Å². The molecule has 1 heterocycles. The molecule has 1 amide bonds. The smallest absolute Gasteiger partial charge is 0.257 e. The van der Waals surface area contributed by atoms with Crippen LogP contribution in [0.1, 0.15) is 23.2 Å². The molecule has 1 saturated carbocycles. The average molecular weight is 222 g/mol. The SMILES string of the molecule is C=Nc1[nH]ncc1C(=O)NC1CC[C@@H]1OC. The molecule has 6 nitrogen and oxygen atoms in total. The first-order valence-electron chi connectivity index (χ1n) is 5.10. The van der Waals surface area contributed by atoms with E-state index in [1.165, 1.54) is 6.20 Å². The molecule has 0 aromatic carbocycles. The van der Waals surface area contributed by atoms with Crippen LogP contribution in [0.4, 0.5) is 5.82 Å². The van der Waals surface area contributed by atoms with Gasteiger partial charge in [-0.3, -0.25) is 9.89 Å². The van der Waals surface area contributed by atoms with E-state index in [1.807, 2.05) is 0 Å². The molecule has 2 atom stereocenters. The van der Waals surface area contributed by atoms with Crippen molar-refractivity contribution in [2.45, 2.75) is 25.0 Å². The van der Waals surface area contributed by atoms with Crippen molar-refractivity contribution in [3.63, 3.8) is 0 Å². The molecule has 2 rings (SSSR count). The number of aromatic nitrogens is 2. The maximum absolute atomic E-state index is 11.8. The maximum Gasteiger partial charge on any atom is 0.257 e. The third kappa shape index (κ3) is 1.83. The molecular weight excluding hydrogens is 208 g/mol. The number of ether oxygens (including phenoxy) is 1. The van der Waals surface area contributed by atoms with E-state index in [0.717, 1.165) is 12.8 Å².